The molecule has 1 saturated carbocycles. The monoisotopic (exact) mass is 347 g/mol. The smallest absolute Gasteiger partial charge is 0.237 e. The first-order valence-corrected chi connectivity index (χ1v) is 9.18. The zero-order valence-corrected chi connectivity index (χ0v) is 15.7. The number of nitrogens with zero attached hydrogens (tertiary/aromatic N) is 1. The van der Waals surface area contributed by atoms with Crippen molar-refractivity contribution in [3.63, 3.8) is 0 Å². The van der Waals surface area contributed by atoms with Crippen LogP contribution in [0.25, 0.3) is 6.08 Å². The van der Waals surface area contributed by atoms with Crippen LogP contribution in [0.2, 0.25) is 0 Å². The van der Waals surface area contributed by atoms with Crippen LogP contribution in [-0.4, -0.2) is 20.1 Å². The minimum atomic E-state index is -0.357. The van der Waals surface area contributed by atoms with Crippen molar-refractivity contribution in [3.05, 3.63) is 65.7 Å². The third kappa shape index (κ3) is 2.54. The number of para-hydroxylation sites is 1. The molecular formula is C23H25NO2. The molecule has 3 nitrogen and oxygen atoms in total. The first-order chi connectivity index (χ1) is 12.5. The molecule has 1 spiro atoms. The van der Waals surface area contributed by atoms with Crippen molar-refractivity contribution < 1.29 is 9.53 Å². The van der Waals surface area contributed by atoms with Gasteiger partial charge in [0.15, 0.2) is 0 Å². The summed E-state index contributed by atoms with van der Waals surface area (Å²) < 4.78 is 5.22. The number of benzene rings is 2. The fourth-order valence-corrected chi connectivity index (χ4v) is 4.65. The van der Waals surface area contributed by atoms with E-state index < -0.39 is 0 Å². The molecule has 1 amide bonds. The molecule has 26 heavy (non-hydrogen) atoms. The number of rotatable bonds is 3. The van der Waals surface area contributed by atoms with Crippen LogP contribution in [0.1, 0.15) is 37.3 Å². The number of hydrogen-bond acceptors (Lipinski definition) is 2. The summed E-state index contributed by atoms with van der Waals surface area (Å²) >= 11 is 0. The quantitative estimate of drug-likeness (QED) is 0.797. The normalized spacial score (nSPS) is 27.5. The molecule has 0 unspecified atom stereocenters. The Morgan fingerprint density at radius 3 is 2.54 bits per heavy atom. The first kappa shape index (κ1) is 16.9. The number of amides is 1. The Hall–Kier alpha value is -2.55. The molecular weight excluding hydrogens is 322 g/mol. The number of ether oxygens (including phenoxy) is 1. The highest BCUT2D eigenvalue weighted by Crippen LogP contribution is 2.57. The Morgan fingerprint density at radius 2 is 1.81 bits per heavy atom. The number of hydrogen-bond donors (Lipinski definition) is 0. The fourth-order valence-electron chi connectivity index (χ4n) is 4.65. The number of allylic oxidation sites excluding steroid dienone is 1. The Morgan fingerprint density at radius 1 is 1.08 bits per heavy atom. The van der Waals surface area contributed by atoms with E-state index in [1.807, 2.05) is 30.1 Å². The molecule has 1 fully saturated rings. The summed E-state index contributed by atoms with van der Waals surface area (Å²) in [7, 11) is 3.58. The molecule has 1 aliphatic heterocycles. The first-order valence-electron chi connectivity index (χ1n) is 9.18. The zero-order valence-electron chi connectivity index (χ0n) is 15.7. The van der Waals surface area contributed by atoms with Gasteiger partial charge in [0.1, 0.15) is 5.75 Å². The van der Waals surface area contributed by atoms with Gasteiger partial charge in [-0.05, 0) is 54.0 Å². The SMILES string of the molecule is COc1ccc(/C=C/[C@@]2(C)CC[C@@]3(C2)C(=O)N(C)c2ccccc23)cc1. The van der Waals surface area contributed by atoms with Gasteiger partial charge in [-0.1, -0.05) is 49.4 Å². The average molecular weight is 347 g/mol. The molecule has 134 valence electrons. The van der Waals surface area contributed by atoms with Crippen molar-refractivity contribution in [3.8, 4) is 5.75 Å². The van der Waals surface area contributed by atoms with Crippen LogP contribution in [0.3, 0.4) is 0 Å². The van der Waals surface area contributed by atoms with Crippen molar-refractivity contribution in [2.24, 2.45) is 5.41 Å². The van der Waals surface area contributed by atoms with E-state index in [0.29, 0.717) is 0 Å². The highest BCUT2D eigenvalue weighted by molar-refractivity contribution is 6.08. The second-order valence-electron chi connectivity index (χ2n) is 7.90. The van der Waals surface area contributed by atoms with Gasteiger partial charge in [-0.3, -0.25) is 4.79 Å². The largest absolute Gasteiger partial charge is 0.497 e. The molecule has 0 radical (unpaired) electrons. The standard InChI is InChI=1S/C23H25NO2/c1-22(13-12-17-8-10-18(26-3)11-9-17)14-15-23(16-22)19-6-4-5-7-20(19)24(2)21(23)25/h4-13H,14-16H2,1-3H3/b13-12+/t22-,23-/m0/s1. The molecule has 2 aromatic carbocycles. The van der Waals surface area contributed by atoms with E-state index >= 15 is 0 Å². The van der Waals surface area contributed by atoms with Gasteiger partial charge in [0, 0.05) is 12.7 Å². The van der Waals surface area contributed by atoms with Crippen LogP contribution in [-0.2, 0) is 10.2 Å². The maximum Gasteiger partial charge on any atom is 0.237 e. The van der Waals surface area contributed by atoms with Crippen LogP contribution < -0.4 is 9.64 Å². The predicted molar refractivity (Wildman–Crippen MR) is 106 cm³/mol. The number of methoxy groups -OCH3 is 1. The van der Waals surface area contributed by atoms with E-state index in [9.17, 15) is 4.79 Å². The maximum atomic E-state index is 13.1. The van der Waals surface area contributed by atoms with E-state index in [2.05, 4.69) is 49.4 Å². The summed E-state index contributed by atoms with van der Waals surface area (Å²) in [5.74, 6) is 1.12. The lowest BCUT2D eigenvalue weighted by Gasteiger charge is -2.26. The molecule has 0 aromatic heterocycles. The number of anilines is 1. The summed E-state index contributed by atoms with van der Waals surface area (Å²) in [4.78, 5) is 14.9. The molecule has 2 aromatic rings. The fraction of sp³-hybridized carbons (Fsp3) is 0.348. The molecule has 2 atom stereocenters. The van der Waals surface area contributed by atoms with Crippen LogP contribution in [0.15, 0.2) is 54.6 Å². The number of likely N-dealkylation sites (N-methyl/N-ethyl adjacent to an activating group) is 1. The minimum Gasteiger partial charge on any atom is -0.497 e. The lowest BCUT2D eigenvalue weighted by molar-refractivity contribution is -0.122. The van der Waals surface area contributed by atoms with Gasteiger partial charge in [0.2, 0.25) is 5.91 Å². The zero-order chi connectivity index (χ0) is 18.4. The molecule has 4 rings (SSSR count). The second-order valence-corrected chi connectivity index (χ2v) is 7.90. The summed E-state index contributed by atoms with van der Waals surface area (Å²) in [6.45, 7) is 2.27. The van der Waals surface area contributed by atoms with E-state index in [-0.39, 0.29) is 16.7 Å². The van der Waals surface area contributed by atoms with Crippen molar-refractivity contribution in [1.29, 1.82) is 0 Å². The lowest BCUT2D eigenvalue weighted by Crippen LogP contribution is -2.37. The van der Waals surface area contributed by atoms with Crippen molar-refractivity contribution >= 4 is 17.7 Å². The molecule has 0 N–H and O–H groups in total. The highest BCUT2D eigenvalue weighted by Gasteiger charge is 2.56. The molecule has 2 aliphatic rings. The minimum absolute atomic E-state index is 0.0217. The third-order valence-electron chi connectivity index (χ3n) is 6.12. The summed E-state index contributed by atoms with van der Waals surface area (Å²) in [6, 6.07) is 16.3. The van der Waals surface area contributed by atoms with Crippen molar-refractivity contribution in [1.82, 2.24) is 0 Å². The van der Waals surface area contributed by atoms with Crippen LogP contribution in [0.4, 0.5) is 5.69 Å². The van der Waals surface area contributed by atoms with Gasteiger partial charge in [0.25, 0.3) is 0 Å². The average Bonchev–Trinajstić information content (AvgIpc) is 3.13. The summed E-state index contributed by atoms with van der Waals surface area (Å²) in [5, 5.41) is 0. The predicted octanol–water partition coefficient (Wildman–Crippen LogP) is 4.81. The third-order valence-corrected chi connectivity index (χ3v) is 6.12. The van der Waals surface area contributed by atoms with Crippen LogP contribution >= 0.6 is 0 Å². The van der Waals surface area contributed by atoms with Crippen LogP contribution in [0.5, 0.6) is 5.75 Å². The molecule has 1 aliphatic carbocycles. The van der Waals surface area contributed by atoms with Crippen molar-refractivity contribution in [2.45, 2.75) is 31.6 Å². The van der Waals surface area contributed by atoms with Gasteiger partial charge < -0.3 is 9.64 Å². The molecule has 0 bridgehead atoms. The molecule has 3 heteroatoms. The van der Waals surface area contributed by atoms with Gasteiger partial charge in [0.05, 0.1) is 12.5 Å². The van der Waals surface area contributed by atoms with Gasteiger partial charge in [-0.2, -0.15) is 0 Å². The van der Waals surface area contributed by atoms with Crippen LogP contribution in [0, 0.1) is 5.41 Å². The van der Waals surface area contributed by atoms with E-state index in [1.165, 1.54) is 5.56 Å². The number of fused-ring (bicyclic) bond motifs is 2. The van der Waals surface area contributed by atoms with Gasteiger partial charge in [-0.15, -0.1) is 0 Å². The lowest BCUT2D eigenvalue weighted by atomic mass is 9.76. The Labute approximate surface area is 155 Å². The van der Waals surface area contributed by atoms with Crippen molar-refractivity contribution in [2.75, 3.05) is 19.1 Å². The Kier molecular flexibility index (Phi) is 3.91. The second kappa shape index (κ2) is 6.01. The Balaban J connectivity index is 1.61. The van der Waals surface area contributed by atoms with E-state index in [0.717, 1.165) is 36.3 Å². The maximum absolute atomic E-state index is 13.1. The van der Waals surface area contributed by atoms with E-state index in [1.54, 1.807) is 7.11 Å². The molecule has 0 saturated heterocycles. The summed E-state index contributed by atoms with van der Waals surface area (Å²) in [5.41, 5.74) is 3.09. The highest BCUT2D eigenvalue weighted by atomic mass is 16.5. The number of carbonyl (C=O) groups excluding carboxylic acids is 1. The van der Waals surface area contributed by atoms with Gasteiger partial charge in [-0.25, -0.2) is 0 Å². The number of carbonyl (C=O) groups is 1. The summed E-state index contributed by atoms with van der Waals surface area (Å²) in [6.07, 6.45) is 7.27. The molecule has 1 heterocycles. The topological polar surface area (TPSA) is 29.5 Å². The van der Waals surface area contributed by atoms with E-state index in [4.69, 9.17) is 4.74 Å². The Bertz CT molecular complexity index is 870. The van der Waals surface area contributed by atoms with Gasteiger partial charge >= 0.3 is 0 Å².